The first-order chi connectivity index (χ1) is 11.2. The van der Waals surface area contributed by atoms with Crippen molar-refractivity contribution in [1.82, 2.24) is 5.32 Å². The lowest BCUT2D eigenvalue weighted by molar-refractivity contribution is 0.174. The van der Waals surface area contributed by atoms with Crippen LogP contribution in [0.2, 0.25) is 0 Å². The van der Waals surface area contributed by atoms with Crippen LogP contribution in [-0.2, 0) is 5.41 Å². The first-order valence-corrected chi connectivity index (χ1v) is 8.28. The van der Waals surface area contributed by atoms with Gasteiger partial charge in [-0.15, -0.1) is 6.58 Å². The molecule has 124 valence electrons. The van der Waals surface area contributed by atoms with Crippen molar-refractivity contribution in [2.75, 3.05) is 19.9 Å². The molecule has 0 spiro atoms. The van der Waals surface area contributed by atoms with E-state index >= 15 is 0 Å². The summed E-state index contributed by atoms with van der Waals surface area (Å²) in [4.78, 5) is 4.59. The van der Waals surface area contributed by atoms with E-state index in [4.69, 9.17) is 15.2 Å². The van der Waals surface area contributed by atoms with Gasteiger partial charge in [-0.05, 0) is 30.5 Å². The molecule has 1 aromatic rings. The molecule has 1 aliphatic carbocycles. The van der Waals surface area contributed by atoms with Crippen LogP contribution in [0.1, 0.15) is 37.7 Å². The van der Waals surface area contributed by atoms with Gasteiger partial charge in [-0.2, -0.15) is 0 Å². The van der Waals surface area contributed by atoms with Crippen molar-refractivity contribution in [1.29, 1.82) is 0 Å². The largest absolute Gasteiger partial charge is 0.454 e. The number of aliphatic imine (C=N–C) groups is 1. The average Bonchev–Trinajstić information content (AvgIpc) is 3.06. The molecule has 3 rings (SSSR count). The zero-order valence-electron chi connectivity index (χ0n) is 13.5. The third-order valence-corrected chi connectivity index (χ3v) is 4.78. The van der Waals surface area contributed by atoms with Crippen LogP contribution in [0.25, 0.3) is 0 Å². The number of rotatable bonds is 5. The van der Waals surface area contributed by atoms with Crippen LogP contribution in [0, 0.1) is 0 Å². The second kappa shape index (κ2) is 6.94. The molecule has 5 nitrogen and oxygen atoms in total. The number of hydrogen-bond donors (Lipinski definition) is 2. The highest BCUT2D eigenvalue weighted by molar-refractivity contribution is 5.78. The fraction of sp³-hybridized carbons (Fsp3) is 0.500. The maximum Gasteiger partial charge on any atom is 0.231 e. The lowest BCUT2D eigenvalue weighted by Crippen LogP contribution is -2.36. The molecule has 1 saturated carbocycles. The minimum Gasteiger partial charge on any atom is -0.454 e. The molecule has 1 aliphatic heterocycles. The van der Waals surface area contributed by atoms with Crippen LogP contribution < -0.4 is 20.5 Å². The van der Waals surface area contributed by atoms with Gasteiger partial charge < -0.3 is 20.5 Å². The van der Waals surface area contributed by atoms with Gasteiger partial charge in [-0.1, -0.05) is 31.4 Å². The Morgan fingerprint density at radius 2 is 2.04 bits per heavy atom. The molecule has 3 N–H and O–H groups in total. The summed E-state index contributed by atoms with van der Waals surface area (Å²) in [6.07, 6.45) is 7.78. The maximum atomic E-state index is 5.95. The predicted molar refractivity (Wildman–Crippen MR) is 92.0 cm³/mol. The van der Waals surface area contributed by atoms with Gasteiger partial charge in [0.25, 0.3) is 0 Å². The quantitative estimate of drug-likeness (QED) is 0.498. The van der Waals surface area contributed by atoms with Gasteiger partial charge in [0.05, 0.1) is 6.54 Å². The van der Waals surface area contributed by atoms with Crippen LogP contribution in [-0.4, -0.2) is 25.8 Å². The minimum atomic E-state index is 0.0414. The smallest absolute Gasteiger partial charge is 0.231 e. The highest BCUT2D eigenvalue weighted by atomic mass is 16.7. The van der Waals surface area contributed by atoms with Crippen LogP contribution in [0.15, 0.2) is 35.8 Å². The second-order valence-electron chi connectivity index (χ2n) is 6.28. The van der Waals surface area contributed by atoms with E-state index < -0.39 is 0 Å². The number of nitrogens with two attached hydrogens (primary N) is 1. The number of benzene rings is 1. The normalized spacial score (nSPS) is 19.4. The van der Waals surface area contributed by atoms with Crippen molar-refractivity contribution in [2.24, 2.45) is 10.7 Å². The fourth-order valence-electron chi connectivity index (χ4n) is 3.46. The molecule has 0 bridgehead atoms. The Bertz CT molecular complexity index is 592. The molecule has 2 aliphatic rings. The van der Waals surface area contributed by atoms with E-state index in [1.807, 2.05) is 6.07 Å². The average molecular weight is 315 g/mol. The Balaban J connectivity index is 1.83. The van der Waals surface area contributed by atoms with Gasteiger partial charge >= 0.3 is 0 Å². The van der Waals surface area contributed by atoms with Crippen molar-refractivity contribution in [3.8, 4) is 11.5 Å². The monoisotopic (exact) mass is 315 g/mol. The Kier molecular flexibility index (Phi) is 4.74. The molecule has 5 heteroatoms. The highest BCUT2D eigenvalue weighted by Gasteiger charge is 2.35. The molecule has 1 aromatic carbocycles. The van der Waals surface area contributed by atoms with Gasteiger partial charge in [0, 0.05) is 12.0 Å². The molecule has 0 amide bonds. The predicted octanol–water partition coefficient (Wildman–Crippen LogP) is 2.71. The molecule has 0 radical (unpaired) electrons. The lowest BCUT2D eigenvalue weighted by Gasteiger charge is -2.36. The van der Waals surface area contributed by atoms with Gasteiger partial charge in [0.2, 0.25) is 6.79 Å². The Hall–Kier alpha value is -2.17. The minimum absolute atomic E-state index is 0.0414. The van der Waals surface area contributed by atoms with Crippen LogP contribution in [0.5, 0.6) is 11.5 Å². The van der Waals surface area contributed by atoms with Crippen molar-refractivity contribution < 1.29 is 9.47 Å². The molecular formula is C18H25N3O2. The van der Waals surface area contributed by atoms with E-state index in [-0.39, 0.29) is 5.41 Å². The summed E-state index contributed by atoms with van der Waals surface area (Å²) in [5, 5.41) is 3.05. The van der Waals surface area contributed by atoms with Gasteiger partial charge in [-0.25, -0.2) is 0 Å². The van der Waals surface area contributed by atoms with Crippen molar-refractivity contribution in [2.45, 2.75) is 37.5 Å². The highest BCUT2D eigenvalue weighted by Crippen LogP contribution is 2.43. The molecule has 0 atom stereocenters. The Labute approximate surface area is 137 Å². The summed E-state index contributed by atoms with van der Waals surface area (Å²) in [5.41, 5.74) is 7.27. The van der Waals surface area contributed by atoms with E-state index in [1.54, 1.807) is 6.08 Å². The van der Waals surface area contributed by atoms with Crippen molar-refractivity contribution in [3.63, 3.8) is 0 Å². The fourth-order valence-corrected chi connectivity index (χ4v) is 3.46. The van der Waals surface area contributed by atoms with E-state index in [0.29, 0.717) is 25.8 Å². The number of hydrogen-bond acceptors (Lipinski definition) is 3. The number of guanidine groups is 1. The summed E-state index contributed by atoms with van der Waals surface area (Å²) >= 11 is 0. The summed E-state index contributed by atoms with van der Waals surface area (Å²) < 4.78 is 11.0. The van der Waals surface area contributed by atoms with Crippen LogP contribution >= 0.6 is 0 Å². The number of nitrogens with zero attached hydrogens (tertiary/aromatic N) is 1. The topological polar surface area (TPSA) is 68.9 Å². The molecule has 0 aromatic heterocycles. The van der Waals surface area contributed by atoms with Gasteiger partial charge in [0.1, 0.15) is 0 Å². The van der Waals surface area contributed by atoms with Gasteiger partial charge in [0.15, 0.2) is 17.5 Å². The molecule has 23 heavy (non-hydrogen) atoms. The first kappa shape index (κ1) is 15.7. The standard InChI is InChI=1S/C18H25N3O2/c1-2-10-20-17(19)21-12-18(8-4-3-5-9-18)14-6-7-15-16(11-14)23-13-22-15/h2,6-7,11H,1,3-5,8-10,12-13H2,(H3,19,20,21). The molecule has 0 unspecified atom stereocenters. The summed E-state index contributed by atoms with van der Waals surface area (Å²) in [7, 11) is 0. The number of ether oxygens (including phenoxy) is 2. The summed E-state index contributed by atoms with van der Waals surface area (Å²) in [6.45, 7) is 5.31. The van der Waals surface area contributed by atoms with E-state index in [0.717, 1.165) is 24.3 Å². The zero-order chi connectivity index (χ0) is 16.1. The molecule has 1 fully saturated rings. The zero-order valence-corrected chi connectivity index (χ0v) is 13.5. The Morgan fingerprint density at radius 1 is 1.26 bits per heavy atom. The van der Waals surface area contributed by atoms with Crippen LogP contribution in [0.4, 0.5) is 0 Å². The maximum absolute atomic E-state index is 5.95. The molecule has 0 saturated heterocycles. The second-order valence-corrected chi connectivity index (χ2v) is 6.28. The third kappa shape index (κ3) is 3.44. The number of nitrogens with one attached hydrogen (secondary N) is 1. The van der Waals surface area contributed by atoms with Crippen molar-refractivity contribution in [3.05, 3.63) is 36.4 Å². The summed E-state index contributed by atoms with van der Waals surface area (Å²) in [5.74, 6) is 2.15. The van der Waals surface area contributed by atoms with E-state index in [1.165, 1.54) is 24.8 Å². The van der Waals surface area contributed by atoms with E-state index in [9.17, 15) is 0 Å². The SMILES string of the molecule is C=CCNC(N)=NCC1(c2ccc3c(c2)OCO3)CCCCC1. The summed E-state index contributed by atoms with van der Waals surface area (Å²) in [6, 6.07) is 6.29. The van der Waals surface area contributed by atoms with E-state index in [2.05, 4.69) is 29.0 Å². The first-order valence-electron chi connectivity index (χ1n) is 8.28. The third-order valence-electron chi connectivity index (χ3n) is 4.78. The molecule has 1 heterocycles. The van der Waals surface area contributed by atoms with Crippen LogP contribution in [0.3, 0.4) is 0 Å². The molecular weight excluding hydrogens is 290 g/mol. The Morgan fingerprint density at radius 3 is 2.83 bits per heavy atom. The lowest BCUT2D eigenvalue weighted by atomic mass is 9.69. The number of fused-ring (bicyclic) bond motifs is 1. The van der Waals surface area contributed by atoms with Gasteiger partial charge in [-0.3, -0.25) is 4.99 Å². The van der Waals surface area contributed by atoms with Crippen molar-refractivity contribution >= 4 is 5.96 Å².